The highest BCUT2D eigenvalue weighted by atomic mass is 16.6. The first kappa shape index (κ1) is 62.4. The van der Waals surface area contributed by atoms with Gasteiger partial charge in [-0.1, -0.05) is 291 Å². The van der Waals surface area contributed by atoms with E-state index in [1.54, 1.807) is 0 Å². The molecule has 0 saturated carbocycles. The van der Waals surface area contributed by atoms with Crippen molar-refractivity contribution in [1.29, 1.82) is 0 Å². The average molecular weight is 906 g/mol. The predicted molar refractivity (Wildman–Crippen MR) is 275 cm³/mol. The Morgan fingerprint density at radius 3 is 0.812 bits per heavy atom. The van der Waals surface area contributed by atoms with Crippen molar-refractivity contribution in [3.63, 3.8) is 0 Å². The molecule has 0 aromatic heterocycles. The van der Waals surface area contributed by atoms with Gasteiger partial charge in [-0.05, 0) is 25.2 Å². The molecule has 0 heterocycles. The first-order chi connectivity index (χ1) is 31.4. The van der Waals surface area contributed by atoms with Gasteiger partial charge in [0, 0.05) is 19.3 Å². The van der Waals surface area contributed by atoms with E-state index in [9.17, 15) is 14.4 Å². The van der Waals surface area contributed by atoms with Crippen LogP contribution in [0.4, 0.5) is 0 Å². The number of carbonyl (C=O) groups excluding carboxylic acids is 3. The lowest BCUT2D eigenvalue weighted by atomic mass is 10.00. The summed E-state index contributed by atoms with van der Waals surface area (Å²) in [5.74, 6) is -0.0262. The molecule has 0 fully saturated rings. The molecule has 0 saturated heterocycles. The first-order valence-corrected chi connectivity index (χ1v) is 28.9. The van der Waals surface area contributed by atoms with Gasteiger partial charge in [0.25, 0.3) is 0 Å². The zero-order valence-electron chi connectivity index (χ0n) is 43.8. The monoisotopic (exact) mass is 905 g/mol. The Labute approximate surface area is 399 Å². The normalized spacial score (nSPS) is 12.4. The Bertz CT molecular complexity index is 966. The summed E-state index contributed by atoms with van der Waals surface area (Å²) in [6.07, 6.45) is 56.7. The van der Waals surface area contributed by atoms with Gasteiger partial charge in [-0.15, -0.1) is 0 Å². The number of unbranched alkanes of at least 4 members (excludes halogenated alkanes) is 39. The molecule has 64 heavy (non-hydrogen) atoms. The quantitative estimate of drug-likeness (QED) is 0.0344. The van der Waals surface area contributed by atoms with E-state index in [-0.39, 0.29) is 31.1 Å². The van der Waals surface area contributed by atoms with Crippen molar-refractivity contribution in [1.82, 2.24) is 0 Å². The molecule has 0 bridgehead atoms. The van der Waals surface area contributed by atoms with Gasteiger partial charge in [0.05, 0.1) is 0 Å². The van der Waals surface area contributed by atoms with Crippen LogP contribution < -0.4 is 0 Å². The van der Waals surface area contributed by atoms with Gasteiger partial charge in [0.1, 0.15) is 13.2 Å². The van der Waals surface area contributed by atoms with Crippen LogP contribution in [-0.4, -0.2) is 37.2 Å². The molecule has 6 nitrogen and oxygen atoms in total. The second-order valence-electron chi connectivity index (χ2n) is 20.2. The molecule has 0 aromatic rings. The lowest BCUT2D eigenvalue weighted by molar-refractivity contribution is -0.167. The zero-order chi connectivity index (χ0) is 46.7. The van der Waals surface area contributed by atoms with Crippen molar-refractivity contribution in [2.45, 2.75) is 336 Å². The summed E-state index contributed by atoms with van der Waals surface area (Å²) in [4.78, 5) is 38.1. The van der Waals surface area contributed by atoms with Crippen LogP contribution in [0.3, 0.4) is 0 Å². The predicted octanol–water partition coefficient (Wildman–Crippen LogP) is 19.0. The number of esters is 3. The van der Waals surface area contributed by atoms with Crippen LogP contribution in [0.2, 0.25) is 0 Å². The van der Waals surface area contributed by atoms with Gasteiger partial charge in [-0.2, -0.15) is 0 Å². The summed E-state index contributed by atoms with van der Waals surface area (Å²) in [6, 6.07) is 0. The third-order valence-electron chi connectivity index (χ3n) is 13.7. The van der Waals surface area contributed by atoms with Crippen molar-refractivity contribution in [2.24, 2.45) is 5.92 Å². The van der Waals surface area contributed by atoms with Crippen molar-refractivity contribution in [3.8, 4) is 0 Å². The van der Waals surface area contributed by atoms with Crippen LogP contribution in [0.25, 0.3) is 0 Å². The molecular formula is C58H112O6. The minimum atomic E-state index is -0.762. The molecule has 0 aliphatic carbocycles. The largest absolute Gasteiger partial charge is 0.462 e. The number of hydrogen-bond donors (Lipinski definition) is 0. The van der Waals surface area contributed by atoms with E-state index in [1.807, 2.05) is 0 Å². The highest BCUT2D eigenvalue weighted by Crippen LogP contribution is 2.18. The molecule has 0 spiro atoms. The molecule has 0 aliphatic rings. The van der Waals surface area contributed by atoms with Crippen molar-refractivity contribution >= 4 is 17.9 Å². The summed E-state index contributed by atoms with van der Waals surface area (Å²) >= 11 is 0. The van der Waals surface area contributed by atoms with Crippen LogP contribution in [0.15, 0.2) is 0 Å². The topological polar surface area (TPSA) is 78.9 Å². The molecule has 0 aliphatic heterocycles. The summed E-state index contributed by atoms with van der Waals surface area (Å²) < 4.78 is 16.9. The Morgan fingerprint density at radius 1 is 0.312 bits per heavy atom. The fraction of sp³-hybridized carbons (Fsp3) is 0.948. The van der Waals surface area contributed by atoms with Crippen LogP contribution >= 0.6 is 0 Å². The zero-order valence-corrected chi connectivity index (χ0v) is 43.8. The van der Waals surface area contributed by atoms with Crippen molar-refractivity contribution < 1.29 is 28.6 Å². The third-order valence-corrected chi connectivity index (χ3v) is 13.7. The maximum absolute atomic E-state index is 12.8. The number of rotatable bonds is 53. The van der Waals surface area contributed by atoms with Crippen LogP contribution in [0.5, 0.6) is 0 Å². The maximum atomic E-state index is 12.8. The number of hydrogen-bond acceptors (Lipinski definition) is 6. The maximum Gasteiger partial charge on any atom is 0.306 e. The van der Waals surface area contributed by atoms with Gasteiger partial charge in [0.15, 0.2) is 6.10 Å². The Hall–Kier alpha value is -1.59. The third kappa shape index (κ3) is 49.8. The summed E-state index contributed by atoms with van der Waals surface area (Å²) in [7, 11) is 0. The molecule has 2 atom stereocenters. The van der Waals surface area contributed by atoms with E-state index in [2.05, 4.69) is 27.7 Å². The second-order valence-corrected chi connectivity index (χ2v) is 20.2. The summed E-state index contributed by atoms with van der Waals surface area (Å²) in [6.45, 7) is 9.03. The fourth-order valence-electron chi connectivity index (χ4n) is 8.89. The first-order valence-electron chi connectivity index (χ1n) is 28.9. The van der Waals surface area contributed by atoms with Gasteiger partial charge >= 0.3 is 17.9 Å². The standard InChI is InChI=1S/C58H112O6/c1-5-8-10-12-14-16-18-20-22-24-25-27-29-31-33-35-37-43-47-51-58(61)64-55(53-63-57(60)50-46-42-39-38-40-44-48-54(4)7-3)52-62-56(59)49-45-41-36-34-32-30-28-26-23-21-19-17-15-13-11-9-6-2/h54-55H,5-53H2,1-4H3/t54?,55-/m0/s1. The number of carbonyl (C=O) groups is 3. The van der Waals surface area contributed by atoms with E-state index >= 15 is 0 Å². The van der Waals surface area contributed by atoms with E-state index in [4.69, 9.17) is 14.2 Å². The SMILES string of the molecule is CCCCCCCCCCCCCCCCCCCCCC(=O)O[C@@H](COC(=O)CCCCCCCCCCCCCCCCCCC)COC(=O)CCCCCCCCC(C)CC. The molecule has 0 N–H and O–H groups in total. The summed E-state index contributed by atoms with van der Waals surface area (Å²) in [5, 5.41) is 0. The van der Waals surface area contributed by atoms with Crippen molar-refractivity contribution in [3.05, 3.63) is 0 Å². The molecule has 0 aromatic carbocycles. The number of ether oxygens (including phenoxy) is 3. The van der Waals surface area contributed by atoms with E-state index < -0.39 is 6.10 Å². The van der Waals surface area contributed by atoms with Crippen LogP contribution in [-0.2, 0) is 28.6 Å². The Morgan fingerprint density at radius 2 is 0.547 bits per heavy atom. The fourth-order valence-corrected chi connectivity index (χ4v) is 8.89. The molecular weight excluding hydrogens is 793 g/mol. The van der Waals surface area contributed by atoms with Gasteiger partial charge in [0.2, 0.25) is 0 Å². The van der Waals surface area contributed by atoms with E-state index in [0.717, 1.165) is 63.7 Å². The lowest BCUT2D eigenvalue weighted by Crippen LogP contribution is -2.30. The molecule has 380 valence electrons. The van der Waals surface area contributed by atoms with Crippen LogP contribution in [0, 0.1) is 5.92 Å². The van der Waals surface area contributed by atoms with E-state index in [1.165, 1.54) is 225 Å². The molecule has 0 rings (SSSR count). The van der Waals surface area contributed by atoms with Gasteiger partial charge < -0.3 is 14.2 Å². The average Bonchev–Trinajstić information content (AvgIpc) is 3.29. The Balaban J connectivity index is 4.24. The summed E-state index contributed by atoms with van der Waals surface area (Å²) in [5.41, 5.74) is 0. The minimum Gasteiger partial charge on any atom is -0.462 e. The minimum absolute atomic E-state index is 0.0628. The lowest BCUT2D eigenvalue weighted by Gasteiger charge is -2.18. The van der Waals surface area contributed by atoms with Gasteiger partial charge in [-0.25, -0.2) is 0 Å². The smallest absolute Gasteiger partial charge is 0.306 e. The van der Waals surface area contributed by atoms with Crippen LogP contribution in [0.1, 0.15) is 329 Å². The molecule has 6 heteroatoms. The second kappa shape index (κ2) is 52.4. The molecule has 1 unspecified atom stereocenters. The Kier molecular flexibility index (Phi) is 51.1. The highest BCUT2D eigenvalue weighted by molar-refractivity contribution is 5.71. The van der Waals surface area contributed by atoms with Crippen molar-refractivity contribution in [2.75, 3.05) is 13.2 Å². The molecule has 0 radical (unpaired) electrons. The van der Waals surface area contributed by atoms with Gasteiger partial charge in [-0.3, -0.25) is 14.4 Å². The highest BCUT2D eigenvalue weighted by Gasteiger charge is 2.19. The van der Waals surface area contributed by atoms with E-state index in [0.29, 0.717) is 19.3 Å². The molecule has 0 amide bonds.